The Balaban J connectivity index is 1.42. The first-order chi connectivity index (χ1) is 15.0. The van der Waals surface area contributed by atoms with Gasteiger partial charge < -0.3 is 19.5 Å². The first kappa shape index (κ1) is 18.9. The topological polar surface area (TPSA) is 122 Å². The van der Waals surface area contributed by atoms with Crippen LogP contribution >= 0.6 is 0 Å². The quantitative estimate of drug-likeness (QED) is 0.424. The third kappa shape index (κ3) is 3.50. The predicted octanol–water partition coefficient (Wildman–Crippen LogP) is 3.88. The van der Waals surface area contributed by atoms with Crippen LogP contribution in [0, 0.1) is 6.92 Å². The molecule has 0 aliphatic heterocycles. The number of imidazole rings is 1. The molecule has 156 valence electrons. The number of carbonyl (C=O) groups is 2. The van der Waals surface area contributed by atoms with E-state index in [4.69, 9.17) is 4.52 Å². The molecule has 4 aromatic rings. The lowest BCUT2D eigenvalue weighted by atomic mass is 10.1. The molecule has 0 bridgehead atoms. The lowest BCUT2D eigenvalue weighted by molar-refractivity contribution is 0.101. The summed E-state index contributed by atoms with van der Waals surface area (Å²) in [6.07, 6.45) is 3.37. The Bertz CT molecular complexity index is 1320. The molecular formula is C22H19N5O4. The molecule has 0 atom stereocenters. The van der Waals surface area contributed by atoms with Gasteiger partial charge in [0.25, 0.3) is 11.8 Å². The Morgan fingerprint density at radius 2 is 1.87 bits per heavy atom. The van der Waals surface area contributed by atoms with Gasteiger partial charge in [0.05, 0.1) is 22.8 Å². The van der Waals surface area contributed by atoms with Crippen molar-refractivity contribution in [3.63, 3.8) is 0 Å². The molecule has 1 aliphatic carbocycles. The number of nitrogens with one attached hydrogen (secondary N) is 2. The first-order valence-corrected chi connectivity index (χ1v) is 9.85. The summed E-state index contributed by atoms with van der Waals surface area (Å²) < 4.78 is 6.93. The third-order valence-electron chi connectivity index (χ3n) is 5.23. The van der Waals surface area contributed by atoms with Crippen molar-refractivity contribution in [2.45, 2.75) is 25.8 Å². The number of amides is 2. The van der Waals surface area contributed by atoms with Gasteiger partial charge >= 0.3 is 0 Å². The molecule has 5 rings (SSSR count). The fourth-order valence-corrected chi connectivity index (χ4v) is 3.51. The van der Waals surface area contributed by atoms with Crippen LogP contribution in [-0.2, 0) is 0 Å². The van der Waals surface area contributed by atoms with Crippen molar-refractivity contribution in [2.75, 3.05) is 10.6 Å². The Hall–Kier alpha value is -4.14. The molecule has 2 aromatic heterocycles. The van der Waals surface area contributed by atoms with Gasteiger partial charge in [0.15, 0.2) is 0 Å². The molecule has 2 amide bonds. The van der Waals surface area contributed by atoms with Crippen molar-refractivity contribution in [3.8, 4) is 5.75 Å². The number of aromatic nitrogens is 3. The molecule has 9 nitrogen and oxygen atoms in total. The van der Waals surface area contributed by atoms with Gasteiger partial charge in [-0.2, -0.15) is 0 Å². The van der Waals surface area contributed by atoms with Crippen LogP contribution in [0.4, 0.5) is 11.6 Å². The maximum absolute atomic E-state index is 13.0. The van der Waals surface area contributed by atoms with Gasteiger partial charge in [-0.25, -0.2) is 4.98 Å². The van der Waals surface area contributed by atoms with Crippen LogP contribution in [0.5, 0.6) is 5.75 Å². The van der Waals surface area contributed by atoms with Gasteiger partial charge in [-0.1, -0.05) is 17.3 Å². The number of hydrogen-bond donors (Lipinski definition) is 3. The highest BCUT2D eigenvalue weighted by atomic mass is 16.5. The molecule has 0 unspecified atom stereocenters. The minimum absolute atomic E-state index is 0.0224. The van der Waals surface area contributed by atoms with Gasteiger partial charge in [-0.05, 0) is 50.1 Å². The minimum atomic E-state index is -0.521. The zero-order valence-corrected chi connectivity index (χ0v) is 16.6. The van der Waals surface area contributed by atoms with E-state index in [0.717, 1.165) is 23.9 Å². The van der Waals surface area contributed by atoms with Crippen LogP contribution in [0.3, 0.4) is 0 Å². The Kier molecular flexibility index (Phi) is 4.43. The Morgan fingerprint density at radius 1 is 1.10 bits per heavy atom. The van der Waals surface area contributed by atoms with Crippen molar-refractivity contribution in [1.29, 1.82) is 0 Å². The summed E-state index contributed by atoms with van der Waals surface area (Å²) in [5.41, 5.74) is 2.41. The summed E-state index contributed by atoms with van der Waals surface area (Å²) in [6.45, 7) is 1.63. The van der Waals surface area contributed by atoms with Gasteiger partial charge in [-0.3, -0.25) is 14.9 Å². The molecule has 2 aromatic carbocycles. The lowest BCUT2D eigenvalue weighted by Crippen LogP contribution is -2.17. The molecule has 2 heterocycles. The van der Waals surface area contributed by atoms with Crippen molar-refractivity contribution >= 4 is 34.5 Å². The molecule has 1 fully saturated rings. The number of hydrogen-bond acceptors (Lipinski definition) is 6. The normalized spacial score (nSPS) is 13.3. The fraction of sp³-hybridized carbons (Fsp3) is 0.182. The van der Waals surface area contributed by atoms with Crippen molar-refractivity contribution in [1.82, 2.24) is 14.7 Å². The van der Waals surface area contributed by atoms with Crippen LogP contribution < -0.4 is 10.6 Å². The number of phenolic OH excluding ortho intramolecular Hbond substituents is 1. The molecule has 0 radical (unpaired) electrons. The average molecular weight is 417 g/mol. The van der Waals surface area contributed by atoms with Crippen molar-refractivity contribution in [2.24, 2.45) is 0 Å². The zero-order valence-electron chi connectivity index (χ0n) is 16.6. The second-order valence-corrected chi connectivity index (χ2v) is 7.46. The van der Waals surface area contributed by atoms with Gasteiger partial charge in [0.1, 0.15) is 17.1 Å². The van der Waals surface area contributed by atoms with E-state index in [1.807, 2.05) is 28.8 Å². The minimum Gasteiger partial charge on any atom is -0.507 e. The van der Waals surface area contributed by atoms with E-state index >= 15 is 0 Å². The van der Waals surface area contributed by atoms with Gasteiger partial charge in [-0.15, -0.1) is 0 Å². The van der Waals surface area contributed by atoms with E-state index in [1.165, 1.54) is 24.4 Å². The smallest absolute Gasteiger partial charge is 0.261 e. The van der Waals surface area contributed by atoms with E-state index in [2.05, 4.69) is 20.8 Å². The van der Waals surface area contributed by atoms with Crippen LogP contribution in [0.1, 0.15) is 45.4 Å². The number of phenols is 1. The first-order valence-electron chi connectivity index (χ1n) is 9.85. The molecule has 0 saturated heterocycles. The number of fused-ring (bicyclic) bond motifs is 1. The van der Waals surface area contributed by atoms with E-state index in [0.29, 0.717) is 23.4 Å². The number of carbonyl (C=O) groups excluding carboxylic acids is 2. The molecule has 0 spiro atoms. The number of rotatable bonds is 5. The largest absolute Gasteiger partial charge is 0.507 e. The number of anilines is 2. The molecule has 3 N–H and O–H groups in total. The second kappa shape index (κ2) is 7.28. The summed E-state index contributed by atoms with van der Waals surface area (Å²) >= 11 is 0. The summed E-state index contributed by atoms with van der Waals surface area (Å²) in [7, 11) is 0. The summed E-state index contributed by atoms with van der Waals surface area (Å²) in [6, 6.07) is 12.3. The van der Waals surface area contributed by atoms with Crippen LogP contribution in [0.15, 0.2) is 53.2 Å². The third-order valence-corrected chi connectivity index (χ3v) is 5.23. The van der Waals surface area contributed by atoms with E-state index in [-0.39, 0.29) is 16.9 Å². The predicted molar refractivity (Wildman–Crippen MR) is 113 cm³/mol. The molecule has 9 heteroatoms. The van der Waals surface area contributed by atoms with Gasteiger partial charge in [0, 0.05) is 11.7 Å². The maximum Gasteiger partial charge on any atom is 0.261 e. The van der Waals surface area contributed by atoms with Crippen molar-refractivity contribution < 1.29 is 19.2 Å². The monoisotopic (exact) mass is 417 g/mol. The number of benzene rings is 2. The van der Waals surface area contributed by atoms with E-state index < -0.39 is 11.8 Å². The molecule has 31 heavy (non-hydrogen) atoms. The maximum atomic E-state index is 13.0. The second-order valence-electron chi connectivity index (χ2n) is 7.46. The zero-order chi connectivity index (χ0) is 21.5. The molecule has 1 saturated carbocycles. The molecular weight excluding hydrogens is 398 g/mol. The summed E-state index contributed by atoms with van der Waals surface area (Å²) in [5, 5.41) is 19.3. The van der Waals surface area contributed by atoms with Crippen LogP contribution in [-0.4, -0.2) is 31.6 Å². The number of nitrogens with zero attached hydrogens (tertiary/aromatic N) is 3. The average Bonchev–Trinajstić information content (AvgIpc) is 3.39. The summed E-state index contributed by atoms with van der Waals surface area (Å²) in [4.78, 5) is 29.9. The highest BCUT2D eigenvalue weighted by Gasteiger charge is 2.29. The van der Waals surface area contributed by atoms with Crippen LogP contribution in [0.2, 0.25) is 0 Å². The van der Waals surface area contributed by atoms with E-state index in [1.54, 1.807) is 6.92 Å². The highest BCUT2D eigenvalue weighted by molar-refractivity contribution is 6.08. The standard InChI is InChI=1S/C22H19N5O4/c1-12-16(11-23-31-12)21(30)24-13-6-9-19(28)15(10-13)20(29)26-22-25-17-4-2-3-5-18(17)27(22)14-7-8-14/h2-6,9-11,14,28H,7-8H2,1H3,(H,24,30)(H,25,26,29). The summed E-state index contributed by atoms with van der Waals surface area (Å²) in [5.74, 6) is -0.333. The fourth-order valence-electron chi connectivity index (χ4n) is 3.51. The number of para-hydroxylation sites is 2. The van der Waals surface area contributed by atoms with Gasteiger partial charge in [0.2, 0.25) is 5.95 Å². The highest BCUT2D eigenvalue weighted by Crippen LogP contribution is 2.40. The van der Waals surface area contributed by atoms with Crippen LogP contribution in [0.25, 0.3) is 11.0 Å². The Labute approximate surface area is 176 Å². The Morgan fingerprint density at radius 3 is 2.61 bits per heavy atom. The number of aryl methyl sites for hydroxylation is 1. The van der Waals surface area contributed by atoms with Crippen molar-refractivity contribution in [3.05, 3.63) is 65.5 Å². The number of aromatic hydroxyl groups is 1. The SMILES string of the molecule is Cc1oncc1C(=O)Nc1ccc(O)c(C(=O)Nc2nc3ccccc3n2C2CC2)c1. The lowest BCUT2D eigenvalue weighted by Gasteiger charge is -2.11. The van der Waals surface area contributed by atoms with E-state index in [9.17, 15) is 14.7 Å². The molecule has 1 aliphatic rings.